The second kappa shape index (κ2) is 4.73. The summed E-state index contributed by atoms with van der Waals surface area (Å²) < 4.78 is 18.3. The molecule has 0 spiro atoms. The maximum atomic E-state index is 12.7. The molecule has 1 aromatic rings. The first kappa shape index (κ1) is 10.6. The van der Waals surface area contributed by atoms with Crippen molar-refractivity contribution in [3.8, 4) is 0 Å². The van der Waals surface area contributed by atoms with Crippen molar-refractivity contribution in [2.24, 2.45) is 5.73 Å². The highest BCUT2D eigenvalue weighted by molar-refractivity contribution is 5.20. The molecule has 0 amide bonds. The molecule has 2 atom stereocenters. The van der Waals surface area contributed by atoms with Crippen LogP contribution in [0.1, 0.15) is 24.3 Å². The van der Waals surface area contributed by atoms with E-state index in [9.17, 15) is 4.39 Å². The molecule has 1 saturated heterocycles. The van der Waals surface area contributed by atoms with Crippen molar-refractivity contribution in [3.05, 3.63) is 35.6 Å². The van der Waals surface area contributed by atoms with Crippen molar-refractivity contribution in [2.75, 3.05) is 13.2 Å². The SMILES string of the molecule is NCC1CCC(c2ccc(F)cc2)CO1. The lowest BCUT2D eigenvalue weighted by atomic mass is 9.91. The quantitative estimate of drug-likeness (QED) is 0.809. The summed E-state index contributed by atoms with van der Waals surface area (Å²) >= 11 is 0. The number of hydrogen-bond donors (Lipinski definition) is 1. The molecule has 2 nitrogen and oxygen atoms in total. The van der Waals surface area contributed by atoms with Crippen LogP contribution >= 0.6 is 0 Å². The lowest BCUT2D eigenvalue weighted by Crippen LogP contribution is -2.30. The predicted octanol–water partition coefficient (Wildman–Crippen LogP) is 2.05. The molecule has 3 heteroatoms. The van der Waals surface area contributed by atoms with Gasteiger partial charge in [0.05, 0.1) is 12.7 Å². The molecule has 2 unspecified atom stereocenters. The maximum absolute atomic E-state index is 12.7. The molecule has 0 saturated carbocycles. The second-order valence-electron chi connectivity index (χ2n) is 4.02. The highest BCUT2D eigenvalue weighted by atomic mass is 19.1. The van der Waals surface area contributed by atoms with Gasteiger partial charge in [-0.15, -0.1) is 0 Å². The molecule has 0 aromatic heterocycles. The van der Waals surface area contributed by atoms with Gasteiger partial charge < -0.3 is 10.5 Å². The van der Waals surface area contributed by atoms with Crippen LogP contribution in [0.15, 0.2) is 24.3 Å². The van der Waals surface area contributed by atoms with Crippen LogP contribution in [0, 0.1) is 5.82 Å². The molecule has 0 bridgehead atoms. The van der Waals surface area contributed by atoms with Gasteiger partial charge in [0.1, 0.15) is 5.82 Å². The van der Waals surface area contributed by atoms with Crippen molar-refractivity contribution < 1.29 is 9.13 Å². The van der Waals surface area contributed by atoms with Crippen LogP contribution < -0.4 is 5.73 Å². The Labute approximate surface area is 89.2 Å². The molecular formula is C12H16FNO. The topological polar surface area (TPSA) is 35.2 Å². The average molecular weight is 209 g/mol. The minimum atomic E-state index is -0.185. The van der Waals surface area contributed by atoms with E-state index in [0.29, 0.717) is 19.1 Å². The number of halogens is 1. The summed E-state index contributed by atoms with van der Waals surface area (Å²) in [5.41, 5.74) is 6.69. The predicted molar refractivity (Wildman–Crippen MR) is 57.2 cm³/mol. The summed E-state index contributed by atoms with van der Waals surface area (Å²) in [6, 6.07) is 6.69. The minimum absolute atomic E-state index is 0.185. The second-order valence-corrected chi connectivity index (χ2v) is 4.02. The lowest BCUT2D eigenvalue weighted by molar-refractivity contribution is 0.00955. The summed E-state index contributed by atoms with van der Waals surface area (Å²) in [5.74, 6) is 0.212. The molecule has 2 N–H and O–H groups in total. The third kappa shape index (κ3) is 2.55. The summed E-state index contributed by atoms with van der Waals surface area (Å²) in [6.07, 6.45) is 2.29. The number of benzene rings is 1. The highest BCUT2D eigenvalue weighted by Crippen LogP contribution is 2.27. The van der Waals surface area contributed by atoms with E-state index in [1.54, 1.807) is 0 Å². The van der Waals surface area contributed by atoms with E-state index in [-0.39, 0.29) is 11.9 Å². The molecule has 1 aromatic carbocycles. The van der Waals surface area contributed by atoms with Crippen LogP contribution in [0.3, 0.4) is 0 Å². The van der Waals surface area contributed by atoms with Gasteiger partial charge in [0.15, 0.2) is 0 Å². The van der Waals surface area contributed by atoms with Crippen molar-refractivity contribution >= 4 is 0 Å². The molecule has 2 rings (SSSR count). The van der Waals surface area contributed by atoms with E-state index in [4.69, 9.17) is 10.5 Å². The largest absolute Gasteiger partial charge is 0.376 e. The van der Waals surface area contributed by atoms with E-state index < -0.39 is 0 Å². The summed E-state index contributed by atoms with van der Waals surface area (Å²) in [5, 5.41) is 0. The molecule has 15 heavy (non-hydrogen) atoms. The van der Waals surface area contributed by atoms with Crippen LogP contribution in [0.5, 0.6) is 0 Å². The van der Waals surface area contributed by atoms with Gasteiger partial charge in [-0.2, -0.15) is 0 Å². The van der Waals surface area contributed by atoms with Gasteiger partial charge >= 0.3 is 0 Å². The van der Waals surface area contributed by atoms with Crippen molar-refractivity contribution in [2.45, 2.75) is 24.9 Å². The van der Waals surface area contributed by atoms with E-state index in [2.05, 4.69) is 0 Å². The van der Waals surface area contributed by atoms with Gasteiger partial charge in [-0.05, 0) is 30.5 Å². The number of rotatable bonds is 2. The number of ether oxygens (including phenoxy) is 1. The highest BCUT2D eigenvalue weighted by Gasteiger charge is 2.21. The van der Waals surface area contributed by atoms with Gasteiger partial charge in [0.2, 0.25) is 0 Å². The Balaban J connectivity index is 1.98. The molecular weight excluding hydrogens is 193 g/mol. The summed E-state index contributed by atoms with van der Waals surface area (Å²) in [7, 11) is 0. The monoisotopic (exact) mass is 209 g/mol. The Morgan fingerprint density at radius 3 is 2.53 bits per heavy atom. The fourth-order valence-electron chi connectivity index (χ4n) is 1.99. The van der Waals surface area contributed by atoms with Crippen LogP contribution in [-0.2, 0) is 4.74 Å². The van der Waals surface area contributed by atoms with E-state index in [1.807, 2.05) is 12.1 Å². The van der Waals surface area contributed by atoms with Gasteiger partial charge in [-0.25, -0.2) is 4.39 Å². The third-order valence-corrected chi connectivity index (χ3v) is 2.97. The molecule has 82 valence electrons. The Kier molecular flexibility index (Phi) is 3.34. The van der Waals surface area contributed by atoms with E-state index in [0.717, 1.165) is 18.4 Å². The zero-order chi connectivity index (χ0) is 10.7. The Hall–Kier alpha value is -0.930. The fourth-order valence-corrected chi connectivity index (χ4v) is 1.99. The molecule has 1 heterocycles. The average Bonchev–Trinajstić information content (AvgIpc) is 2.30. The molecule has 1 fully saturated rings. The summed E-state index contributed by atoms with van der Waals surface area (Å²) in [4.78, 5) is 0. The third-order valence-electron chi connectivity index (χ3n) is 2.97. The smallest absolute Gasteiger partial charge is 0.123 e. The number of hydrogen-bond acceptors (Lipinski definition) is 2. The van der Waals surface area contributed by atoms with Crippen molar-refractivity contribution in [3.63, 3.8) is 0 Å². The summed E-state index contributed by atoms with van der Waals surface area (Å²) in [6.45, 7) is 1.30. The van der Waals surface area contributed by atoms with Gasteiger partial charge in [0, 0.05) is 12.5 Å². The zero-order valence-electron chi connectivity index (χ0n) is 8.66. The standard InChI is InChI=1S/C12H16FNO/c13-11-4-1-9(2-5-11)10-3-6-12(7-14)15-8-10/h1-2,4-5,10,12H,3,6-8,14H2. The first-order chi connectivity index (χ1) is 7.29. The van der Waals surface area contributed by atoms with Gasteiger partial charge in [-0.3, -0.25) is 0 Å². The Bertz CT molecular complexity index is 304. The molecule has 0 radical (unpaired) electrons. The number of nitrogens with two attached hydrogens (primary N) is 1. The van der Waals surface area contributed by atoms with Crippen LogP contribution in [0.25, 0.3) is 0 Å². The first-order valence-electron chi connectivity index (χ1n) is 5.36. The molecule has 1 aliphatic heterocycles. The zero-order valence-corrected chi connectivity index (χ0v) is 8.66. The first-order valence-corrected chi connectivity index (χ1v) is 5.36. The van der Waals surface area contributed by atoms with Crippen molar-refractivity contribution in [1.82, 2.24) is 0 Å². The lowest BCUT2D eigenvalue weighted by Gasteiger charge is -2.28. The Morgan fingerprint density at radius 2 is 2.00 bits per heavy atom. The van der Waals surface area contributed by atoms with Crippen LogP contribution in [0.4, 0.5) is 4.39 Å². The van der Waals surface area contributed by atoms with Gasteiger partial charge in [0.25, 0.3) is 0 Å². The molecule has 1 aliphatic rings. The van der Waals surface area contributed by atoms with E-state index >= 15 is 0 Å². The fraction of sp³-hybridized carbons (Fsp3) is 0.500. The van der Waals surface area contributed by atoms with E-state index in [1.165, 1.54) is 12.1 Å². The van der Waals surface area contributed by atoms with Gasteiger partial charge in [-0.1, -0.05) is 12.1 Å². The maximum Gasteiger partial charge on any atom is 0.123 e. The minimum Gasteiger partial charge on any atom is -0.376 e. The normalized spacial score (nSPS) is 26.5. The Morgan fingerprint density at radius 1 is 1.27 bits per heavy atom. The van der Waals surface area contributed by atoms with Crippen molar-refractivity contribution in [1.29, 1.82) is 0 Å². The van der Waals surface area contributed by atoms with Crippen LogP contribution in [-0.4, -0.2) is 19.3 Å². The molecule has 0 aliphatic carbocycles. The van der Waals surface area contributed by atoms with Crippen LogP contribution in [0.2, 0.25) is 0 Å².